The summed E-state index contributed by atoms with van der Waals surface area (Å²) in [5.41, 5.74) is 16.5. The van der Waals surface area contributed by atoms with Crippen molar-refractivity contribution in [1.29, 1.82) is 0 Å². The van der Waals surface area contributed by atoms with Crippen LogP contribution in [0, 0.1) is 0 Å². The van der Waals surface area contributed by atoms with Gasteiger partial charge in [-0.3, -0.25) is 0 Å². The van der Waals surface area contributed by atoms with Crippen LogP contribution in [0.1, 0.15) is 0 Å². The fourth-order valence-corrected chi connectivity index (χ4v) is 11.5. The molecule has 0 unspecified atom stereocenters. The number of benzene rings is 13. The average Bonchev–Trinajstić information content (AvgIpc) is 3.79. The highest BCUT2D eigenvalue weighted by Gasteiger charge is 2.21. The summed E-state index contributed by atoms with van der Waals surface area (Å²) in [5.74, 6) is 0. The maximum Gasteiger partial charge on any atom is 0.0546 e. The second-order valence-corrected chi connectivity index (χ2v) is 18.8. The van der Waals surface area contributed by atoms with E-state index in [0.717, 1.165) is 33.9 Å². The summed E-state index contributed by atoms with van der Waals surface area (Å²) >= 11 is 0. The van der Waals surface area contributed by atoms with E-state index >= 15 is 0 Å². The molecule has 13 aromatic carbocycles. The second-order valence-electron chi connectivity index (χ2n) is 18.8. The van der Waals surface area contributed by atoms with E-state index in [1.165, 1.54) is 98.3 Å². The monoisotopic (exact) mass is 914 g/mol. The molecule has 2 nitrogen and oxygen atoms in total. The highest BCUT2D eigenvalue weighted by molar-refractivity contribution is 6.22. The SMILES string of the molecule is c1ccc(-c2c(-c3ccccc3)c3cc(-c4ccc(N(c5cccc(-c6ccc7c(c6)c6ccccc6n7-c6ccccc6)c5)c5cc6ccccc6c6ccccc56)cc4)ccc3c3ccccc23)cc1. The minimum absolute atomic E-state index is 1.08. The van der Waals surface area contributed by atoms with Gasteiger partial charge in [0, 0.05) is 33.2 Å². The normalized spacial score (nSPS) is 11.6. The summed E-state index contributed by atoms with van der Waals surface area (Å²) in [6.45, 7) is 0. The van der Waals surface area contributed by atoms with Crippen LogP contribution >= 0.6 is 0 Å². The Balaban J connectivity index is 0.934. The van der Waals surface area contributed by atoms with Crippen molar-refractivity contribution in [1.82, 2.24) is 4.57 Å². The van der Waals surface area contributed by atoms with Gasteiger partial charge < -0.3 is 9.47 Å². The Hall–Kier alpha value is -9.50. The molecule has 0 bridgehead atoms. The number of nitrogens with zero attached hydrogens (tertiary/aromatic N) is 2. The topological polar surface area (TPSA) is 8.17 Å². The third-order valence-electron chi connectivity index (χ3n) is 14.7. The van der Waals surface area contributed by atoms with Crippen molar-refractivity contribution >= 4 is 82.0 Å². The van der Waals surface area contributed by atoms with Crippen LogP contribution in [0.15, 0.2) is 279 Å². The van der Waals surface area contributed by atoms with E-state index in [1.807, 2.05) is 0 Å². The first kappa shape index (κ1) is 41.5. The molecule has 0 spiro atoms. The van der Waals surface area contributed by atoms with E-state index < -0.39 is 0 Å². The van der Waals surface area contributed by atoms with Gasteiger partial charge in [-0.25, -0.2) is 0 Å². The molecule has 336 valence electrons. The number of fused-ring (bicyclic) bond motifs is 9. The van der Waals surface area contributed by atoms with Gasteiger partial charge in [-0.05, 0) is 149 Å². The summed E-state index contributed by atoms with van der Waals surface area (Å²) in [6.07, 6.45) is 0. The Morgan fingerprint density at radius 1 is 0.236 bits per heavy atom. The first-order chi connectivity index (χ1) is 35.7. The van der Waals surface area contributed by atoms with Crippen molar-refractivity contribution in [2.24, 2.45) is 0 Å². The molecule has 0 saturated carbocycles. The van der Waals surface area contributed by atoms with Crippen LogP contribution in [-0.2, 0) is 0 Å². The van der Waals surface area contributed by atoms with Gasteiger partial charge in [0.2, 0.25) is 0 Å². The van der Waals surface area contributed by atoms with Gasteiger partial charge in [0.25, 0.3) is 0 Å². The summed E-state index contributed by atoms with van der Waals surface area (Å²) in [5, 5.41) is 12.4. The maximum absolute atomic E-state index is 2.45. The predicted octanol–water partition coefficient (Wildman–Crippen LogP) is 19.5. The Labute approximate surface area is 418 Å². The molecule has 0 fully saturated rings. The summed E-state index contributed by atoms with van der Waals surface area (Å²) in [7, 11) is 0. The number of rotatable bonds is 8. The van der Waals surface area contributed by atoms with Crippen LogP contribution in [0.25, 0.3) is 115 Å². The Morgan fingerprint density at radius 3 is 1.46 bits per heavy atom. The van der Waals surface area contributed by atoms with Gasteiger partial charge in [0.15, 0.2) is 0 Å². The number of para-hydroxylation sites is 2. The molecule has 0 aliphatic rings. The number of aromatic nitrogens is 1. The lowest BCUT2D eigenvalue weighted by molar-refractivity contribution is 1.18. The molecular weight excluding hydrogens is 869 g/mol. The van der Waals surface area contributed by atoms with Crippen LogP contribution in [0.2, 0.25) is 0 Å². The molecule has 0 aliphatic carbocycles. The zero-order valence-electron chi connectivity index (χ0n) is 39.5. The predicted molar refractivity (Wildman–Crippen MR) is 307 cm³/mol. The fourth-order valence-electron chi connectivity index (χ4n) is 11.5. The average molecular weight is 915 g/mol. The minimum atomic E-state index is 1.08. The third-order valence-corrected chi connectivity index (χ3v) is 14.7. The molecule has 14 aromatic rings. The first-order valence-corrected chi connectivity index (χ1v) is 24.8. The van der Waals surface area contributed by atoms with Crippen LogP contribution in [0.5, 0.6) is 0 Å². The van der Waals surface area contributed by atoms with Crippen LogP contribution in [0.4, 0.5) is 17.1 Å². The van der Waals surface area contributed by atoms with Crippen molar-refractivity contribution in [3.8, 4) is 50.2 Å². The molecule has 0 saturated heterocycles. The van der Waals surface area contributed by atoms with E-state index in [9.17, 15) is 0 Å². The van der Waals surface area contributed by atoms with Crippen molar-refractivity contribution in [2.45, 2.75) is 0 Å². The third kappa shape index (κ3) is 6.88. The first-order valence-electron chi connectivity index (χ1n) is 24.8. The van der Waals surface area contributed by atoms with Crippen molar-refractivity contribution < 1.29 is 0 Å². The van der Waals surface area contributed by atoms with Crippen LogP contribution in [-0.4, -0.2) is 4.57 Å². The lowest BCUT2D eigenvalue weighted by atomic mass is 9.84. The van der Waals surface area contributed by atoms with Gasteiger partial charge in [-0.15, -0.1) is 0 Å². The molecule has 1 aromatic heterocycles. The smallest absolute Gasteiger partial charge is 0.0546 e. The quantitative estimate of drug-likeness (QED) is 0.138. The fraction of sp³-hybridized carbons (Fsp3) is 0. The Bertz CT molecular complexity index is 4360. The number of hydrogen-bond acceptors (Lipinski definition) is 1. The molecule has 0 amide bonds. The van der Waals surface area contributed by atoms with Crippen molar-refractivity contribution in [2.75, 3.05) is 4.90 Å². The van der Waals surface area contributed by atoms with Gasteiger partial charge in [0.05, 0.1) is 16.7 Å². The highest BCUT2D eigenvalue weighted by atomic mass is 15.1. The summed E-state index contributed by atoms with van der Waals surface area (Å²) in [4.78, 5) is 2.45. The van der Waals surface area contributed by atoms with E-state index in [-0.39, 0.29) is 0 Å². The van der Waals surface area contributed by atoms with E-state index in [2.05, 4.69) is 289 Å². The molecule has 72 heavy (non-hydrogen) atoms. The maximum atomic E-state index is 2.45. The lowest BCUT2D eigenvalue weighted by Crippen LogP contribution is -2.10. The zero-order chi connectivity index (χ0) is 47.5. The highest BCUT2D eigenvalue weighted by Crippen LogP contribution is 2.47. The molecular formula is C70H46N2. The molecule has 0 N–H and O–H groups in total. The number of hydrogen-bond donors (Lipinski definition) is 0. The van der Waals surface area contributed by atoms with E-state index in [4.69, 9.17) is 0 Å². The molecule has 0 atom stereocenters. The van der Waals surface area contributed by atoms with Gasteiger partial charge in [0.1, 0.15) is 0 Å². The molecule has 0 radical (unpaired) electrons. The van der Waals surface area contributed by atoms with Crippen molar-refractivity contribution in [3.05, 3.63) is 279 Å². The standard InChI is InChI=1S/C70H46N2/c1-4-19-48(20-5-1)69-63-33-15-13-30-59(63)60-41-37-51(45-65(60)70(69)49-21-6-2-7-22-49)47-35-39-55(40-36-47)71(68-46-53-23-10-11-28-57(53)58-29-12-14-31-61(58)68)56-27-18-24-50(43-56)52-38-42-67-64(44-52)62-32-16-17-34-66(62)72(67)54-25-8-3-9-26-54/h1-46H. The summed E-state index contributed by atoms with van der Waals surface area (Å²) in [6, 6.07) is 102. The number of anilines is 3. The minimum Gasteiger partial charge on any atom is -0.310 e. The van der Waals surface area contributed by atoms with Gasteiger partial charge >= 0.3 is 0 Å². The molecule has 14 rings (SSSR count). The van der Waals surface area contributed by atoms with E-state index in [1.54, 1.807) is 0 Å². The molecule has 2 heteroatoms. The largest absolute Gasteiger partial charge is 0.310 e. The Kier molecular flexibility index (Phi) is 9.89. The van der Waals surface area contributed by atoms with Crippen LogP contribution < -0.4 is 4.90 Å². The van der Waals surface area contributed by atoms with Gasteiger partial charge in [-0.2, -0.15) is 0 Å². The zero-order valence-corrected chi connectivity index (χ0v) is 39.5. The van der Waals surface area contributed by atoms with Crippen molar-refractivity contribution in [3.63, 3.8) is 0 Å². The van der Waals surface area contributed by atoms with Crippen LogP contribution in [0.3, 0.4) is 0 Å². The Morgan fingerprint density at radius 2 is 0.722 bits per heavy atom. The van der Waals surface area contributed by atoms with Gasteiger partial charge in [-0.1, -0.05) is 212 Å². The second kappa shape index (κ2) is 17.2. The lowest BCUT2D eigenvalue weighted by Gasteiger charge is -2.28. The molecule has 1 heterocycles. The molecule has 0 aliphatic heterocycles. The van der Waals surface area contributed by atoms with E-state index in [0.29, 0.717) is 0 Å². The summed E-state index contributed by atoms with van der Waals surface area (Å²) < 4.78 is 2.38.